The van der Waals surface area contributed by atoms with Crippen LogP contribution in [0.2, 0.25) is 0 Å². The molecule has 1 aromatic carbocycles. The Kier molecular flexibility index (Phi) is 4.26. The molecule has 1 N–H and O–H groups in total. The molecule has 1 aromatic heterocycles. The second-order valence-corrected chi connectivity index (χ2v) is 6.81. The van der Waals surface area contributed by atoms with Gasteiger partial charge in [-0.3, -0.25) is 9.59 Å². The fraction of sp³-hybridized carbons (Fsp3) is 0.421. The Balaban J connectivity index is 1.47. The monoisotopic (exact) mass is 338 g/mol. The van der Waals surface area contributed by atoms with E-state index in [4.69, 9.17) is 0 Å². The molecular weight excluding hydrogens is 316 g/mol. The summed E-state index contributed by atoms with van der Waals surface area (Å²) in [5, 5.41) is 3.03. The van der Waals surface area contributed by atoms with Crippen LogP contribution in [0.15, 0.2) is 36.5 Å². The van der Waals surface area contributed by atoms with E-state index in [1.165, 1.54) is 0 Å². The molecule has 130 valence electrons. The number of hydrogen-bond acceptors (Lipinski definition) is 3. The van der Waals surface area contributed by atoms with Crippen LogP contribution in [0.4, 0.5) is 0 Å². The molecule has 1 aliphatic carbocycles. The highest BCUT2D eigenvalue weighted by Gasteiger charge is 2.29. The van der Waals surface area contributed by atoms with E-state index in [0.29, 0.717) is 31.2 Å². The number of hydrogen-bond donors (Lipinski definition) is 1. The third-order valence-electron chi connectivity index (χ3n) is 5.01. The molecular formula is C19H22N4O2. The minimum Gasteiger partial charge on any atom is -0.348 e. The van der Waals surface area contributed by atoms with E-state index < -0.39 is 0 Å². The van der Waals surface area contributed by atoms with Crippen LogP contribution in [0, 0.1) is 0 Å². The molecule has 0 bridgehead atoms. The van der Waals surface area contributed by atoms with Crippen molar-refractivity contribution in [3.05, 3.63) is 53.6 Å². The van der Waals surface area contributed by atoms with E-state index in [-0.39, 0.29) is 17.9 Å². The summed E-state index contributed by atoms with van der Waals surface area (Å²) in [6.45, 7) is 1.86. The second kappa shape index (κ2) is 6.70. The molecule has 6 nitrogen and oxygen atoms in total. The molecule has 0 spiro atoms. The van der Waals surface area contributed by atoms with E-state index in [9.17, 15) is 9.59 Å². The van der Waals surface area contributed by atoms with Gasteiger partial charge in [0.15, 0.2) is 5.82 Å². The lowest BCUT2D eigenvalue weighted by Gasteiger charge is -2.27. The molecule has 0 radical (unpaired) electrons. The van der Waals surface area contributed by atoms with Gasteiger partial charge in [0.25, 0.3) is 11.8 Å². The normalized spacial score (nSPS) is 17.6. The van der Waals surface area contributed by atoms with E-state index in [0.717, 1.165) is 31.2 Å². The lowest BCUT2D eigenvalue weighted by Crippen LogP contribution is -2.39. The maximum atomic E-state index is 12.7. The first-order chi connectivity index (χ1) is 12.2. The van der Waals surface area contributed by atoms with Crippen molar-refractivity contribution >= 4 is 11.8 Å². The van der Waals surface area contributed by atoms with Crippen molar-refractivity contribution in [2.45, 2.75) is 44.8 Å². The molecule has 0 atom stereocenters. The molecule has 1 fully saturated rings. The summed E-state index contributed by atoms with van der Waals surface area (Å²) in [6, 6.07) is 10.2. The first-order valence-corrected chi connectivity index (χ1v) is 8.92. The van der Waals surface area contributed by atoms with Crippen LogP contribution in [0.3, 0.4) is 0 Å². The van der Waals surface area contributed by atoms with E-state index >= 15 is 0 Å². The van der Waals surface area contributed by atoms with Crippen molar-refractivity contribution in [3.8, 4) is 0 Å². The molecule has 1 saturated carbocycles. The van der Waals surface area contributed by atoms with Gasteiger partial charge in [0.2, 0.25) is 0 Å². The number of rotatable bonds is 4. The summed E-state index contributed by atoms with van der Waals surface area (Å²) in [4.78, 5) is 31.2. The third-order valence-corrected chi connectivity index (χ3v) is 5.01. The van der Waals surface area contributed by atoms with Crippen molar-refractivity contribution in [3.63, 3.8) is 0 Å². The molecule has 2 heterocycles. The molecule has 0 unspecified atom stereocenters. The van der Waals surface area contributed by atoms with Crippen molar-refractivity contribution in [2.75, 3.05) is 6.54 Å². The largest absolute Gasteiger partial charge is 0.348 e. The van der Waals surface area contributed by atoms with Crippen LogP contribution in [0.5, 0.6) is 0 Å². The second-order valence-electron chi connectivity index (χ2n) is 6.81. The first-order valence-electron chi connectivity index (χ1n) is 8.92. The Morgan fingerprint density at radius 1 is 1.16 bits per heavy atom. The Bertz CT molecular complexity index is 778. The predicted molar refractivity (Wildman–Crippen MR) is 93.1 cm³/mol. The van der Waals surface area contributed by atoms with Gasteiger partial charge in [-0.15, -0.1) is 0 Å². The smallest absolute Gasteiger partial charge is 0.290 e. The summed E-state index contributed by atoms with van der Waals surface area (Å²) in [6.07, 6.45) is 6.10. The fourth-order valence-corrected chi connectivity index (χ4v) is 3.62. The van der Waals surface area contributed by atoms with Crippen molar-refractivity contribution < 1.29 is 9.59 Å². The van der Waals surface area contributed by atoms with Crippen LogP contribution in [0.1, 0.15) is 52.4 Å². The number of nitrogens with zero attached hydrogens (tertiary/aromatic N) is 3. The van der Waals surface area contributed by atoms with Gasteiger partial charge in [0.1, 0.15) is 5.69 Å². The molecule has 25 heavy (non-hydrogen) atoms. The minimum absolute atomic E-state index is 0.116. The number of aromatic nitrogens is 2. The molecule has 2 aromatic rings. The molecule has 2 amide bonds. The molecule has 4 rings (SSSR count). The topological polar surface area (TPSA) is 67.2 Å². The highest BCUT2D eigenvalue weighted by atomic mass is 16.2. The van der Waals surface area contributed by atoms with Crippen molar-refractivity contribution in [1.29, 1.82) is 0 Å². The lowest BCUT2D eigenvalue weighted by molar-refractivity contribution is 0.0683. The summed E-state index contributed by atoms with van der Waals surface area (Å²) in [5.41, 5.74) is 1.44. The Hall–Kier alpha value is -2.63. The lowest BCUT2D eigenvalue weighted by atomic mass is 10.2. The maximum absolute atomic E-state index is 12.7. The number of carbonyl (C=O) groups is 2. The maximum Gasteiger partial charge on any atom is 0.290 e. The van der Waals surface area contributed by atoms with Gasteiger partial charge in [-0.05, 0) is 18.4 Å². The van der Waals surface area contributed by atoms with Crippen LogP contribution in [-0.2, 0) is 13.1 Å². The van der Waals surface area contributed by atoms with Crippen molar-refractivity contribution in [1.82, 2.24) is 19.8 Å². The average Bonchev–Trinajstić information content (AvgIpc) is 3.28. The standard InChI is InChI=1S/C19H22N4O2/c24-18(20-15-8-4-5-9-15)16-13-22-10-11-23(19(25)17(22)21-16)12-14-6-2-1-3-7-14/h1-3,6-7,13,15H,4-5,8-12H2,(H,20,24). The van der Waals surface area contributed by atoms with Crippen LogP contribution in [-0.4, -0.2) is 38.9 Å². The minimum atomic E-state index is -0.170. The molecule has 0 saturated heterocycles. The number of amides is 2. The molecule has 2 aliphatic rings. The van der Waals surface area contributed by atoms with E-state index in [1.807, 2.05) is 30.3 Å². The number of carbonyl (C=O) groups excluding carboxylic acids is 2. The molecule has 6 heteroatoms. The van der Waals surface area contributed by atoms with Crippen LogP contribution in [0.25, 0.3) is 0 Å². The Labute approximate surface area is 146 Å². The molecule has 1 aliphatic heterocycles. The van der Waals surface area contributed by atoms with E-state index in [1.54, 1.807) is 15.7 Å². The average molecular weight is 338 g/mol. The number of benzene rings is 1. The highest BCUT2D eigenvalue weighted by Crippen LogP contribution is 2.19. The quantitative estimate of drug-likeness (QED) is 0.929. The SMILES string of the molecule is O=C(NC1CCCC1)c1cn2c(n1)C(=O)N(Cc1ccccc1)CC2. The summed E-state index contributed by atoms with van der Waals surface area (Å²) < 4.78 is 1.80. The number of nitrogens with one attached hydrogen (secondary N) is 1. The highest BCUT2D eigenvalue weighted by molar-refractivity contribution is 5.96. The summed E-state index contributed by atoms with van der Waals surface area (Å²) >= 11 is 0. The fourth-order valence-electron chi connectivity index (χ4n) is 3.62. The zero-order chi connectivity index (χ0) is 17.2. The van der Waals surface area contributed by atoms with E-state index in [2.05, 4.69) is 10.3 Å². The van der Waals surface area contributed by atoms with Gasteiger partial charge in [-0.1, -0.05) is 43.2 Å². The summed E-state index contributed by atoms with van der Waals surface area (Å²) in [7, 11) is 0. The van der Waals surface area contributed by atoms with Gasteiger partial charge in [-0.2, -0.15) is 0 Å². The predicted octanol–water partition coefficient (Wildman–Crippen LogP) is 2.21. The van der Waals surface area contributed by atoms with Gasteiger partial charge in [0.05, 0.1) is 0 Å². The van der Waals surface area contributed by atoms with Gasteiger partial charge in [0, 0.05) is 31.9 Å². The van der Waals surface area contributed by atoms with Gasteiger partial charge < -0.3 is 14.8 Å². The van der Waals surface area contributed by atoms with Gasteiger partial charge >= 0.3 is 0 Å². The third kappa shape index (κ3) is 3.29. The van der Waals surface area contributed by atoms with Crippen LogP contribution >= 0.6 is 0 Å². The summed E-state index contributed by atoms with van der Waals surface area (Å²) in [5.74, 6) is 0.0741. The number of fused-ring (bicyclic) bond motifs is 1. The van der Waals surface area contributed by atoms with Crippen LogP contribution < -0.4 is 5.32 Å². The van der Waals surface area contributed by atoms with Crippen molar-refractivity contribution in [2.24, 2.45) is 0 Å². The first kappa shape index (κ1) is 15.9. The zero-order valence-electron chi connectivity index (χ0n) is 14.1. The Morgan fingerprint density at radius 2 is 1.92 bits per heavy atom. The zero-order valence-corrected chi connectivity index (χ0v) is 14.1. The van der Waals surface area contributed by atoms with Gasteiger partial charge in [-0.25, -0.2) is 4.98 Å². The number of imidazole rings is 1. The Morgan fingerprint density at radius 3 is 2.68 bits per heavy atom.